The predicted octanol–water partition coefficient (Wildman–Crippen LogP) is 4.22. The highest BCUT2D eigenvalue weighted by molar-refractivity contribution is 5.75. The molecule has 4 aromatic rings. The quantitative estimate of drug-likeness (QED) is 0.457. The van der Waals surface area contributed by atoms with Crippen molar-refractivity contribution in [3.63, 3.8) is 0 Å². The van der Waals surface area contributed by atoms with Gasteiger partial charge in [-0.1, -0.05) is 19.6 Å². The Hall–Kier alpha value is -3.78. The number of fused-ring (bicyclic) bond motifs is 1. The van der Waals surface area contributed by atoms with Crippen LogP contribution in [0.1, 0.15) is 31.5 Å². The zero-order valence-electron chi connectivity index (χ0n) is 19.6. The molecule has 1 N–H and O–H groups in total. The van der Waals surface area contributed by atoms with E-state index in [9.17, 15) is 4.79 Å². The fourth-order valence-corrected chi connectivity index (χ4v) is 3.52. The fourth-order valence-electron chi connectivity index (χ4n) is 3.52. The molecule has 0 saturated heterocycles. The maximum Gasteiger partial charge on any atom is 0.333 e. The Morgan fingerprint density at radius 2 is 1.88 bits per heavy atom. The summed E-state index contributed by atoms with van der Waals surface area (Å²) in [6, 6.07) is 13.4. The molecule has 33 heavy (non-hydrogen) atoms. The van der Waals surface area contributed by atoms with Crippen LogP contribution in [0, 0.1) is 0 Å². The molecule has 0 bridgehead atoms. The third-order valence-corrected chi connectivity index (χ3v) is 4.88. The summed E-state index contributed by atoms with van der Waals surface area (Å²) in [5.74, 6) is 1.33. The summed E-state index contributed by atoms with van der Waals surface area (Å²) in [4.78, 5) is 31.2. The average molecular weight is 447 g/mol. The molecule has 0 fully saturated rings. The molecule has 0 atom stereocenters. The minimum absolute atomic E-state index is 0.267. The van der Waals surface area contributed by atoms with Gasteiger partial charge in [0.15, 0.2) is 5.65 Å². The second kappa shape index (κ2) is 11.2. The van der Waals surface area contributed by atoms with E-state index >= 15 is 0 Å². The van der Waals surface area contributed by atoms with Gasteiger partial charge in [-0.25, -0.2) is 19.3 Å². The van der Waals surface area contributed by atoms with Crippen LogP contribution in [-0.2, 0) is 11.3 Å². The van der Waals surface area contributed by atoms with E-state index in [0.29, 0.717) is 23.5 Å². The number of imidazole rings is 1. The smallest absolute Gasteiger partial charge is 0.333 e. The van der Waals surface area contributed by atoms with Gasteiger partial charge in [-0.2, -0.15) is 0 Å². The van der Waals surface area contributed by atoms with Gasteiger partial charge in [0.05, 0.1) is 17.8 Å². The number of methoxy groups -OCH3 is 1. The Bertz CT molecular complexity index is 1260. The van der Waals surface area contributed by atoms with Gasteiger partial charge < -0.3 is 9.64 Å². The number of anilines is 1. The van der Waals surface area contributed by atoms with Crippen molar-refractivity contribution in [2.75, 3.05) is 25.7 Å². The fraction of sp³-hybridized carbons (Fsp3) is 0.280. The second-order valence-corrected chi connectivity index (χ2v) is 7.61. The van der Waals surface area contributed by atoms with Crippen molar-refractivity contribution in [3.05, 3.63) is 83.2 Å². The minimum atomic E-state index is -0.267. The minimum Gasteiger partial charge on any atom is -0.388 e. The Labute approximate surface area is 193 Å². The predicted molar refractivity (Wildman–Crippen MR) is 133 cm³/mol. The standard InChI is InChI=1S/C23H24N6O.C2H6O/c1-4-14-28(15-17-8-5-6-12-24-17)22-18(16(2)3)10-11-20(26-22)29-19-9-7-13-25-21(19)27-23(29)30;1-3-2/h5-13H,2,4,14-15H2,1,3H3,(H,25,27,30);1-2H3. The molecule has 0 spiro atoms. The van der Waals surface area contributed by atoms with Crippen molar-refractivity contribution in [1.29, 1.82) is 0 Å². The van der Waals surface area contributed by atoms with Gasteiger partial charge in [-0.05, 0) is 55.3 Å². The molecule has 0 aliphatic carbocycles. The first-order valence-corrected chi connectivity index (χ1v) is 10.8. The molecule has 8 heteroatoms. The molecule has 0 aliphatic rings. The van der Waals surface area contributed by atoms with E-state index in [1.807, 2.05) is 43.3 Å². The summed E-state index contributed by atoms with van der Waals surface area (Å²) >= 11 is 0. The molecule has 0 saturated carbocycles. The molecule has 4 rings (SSSR count). The Morgan fingerprint density at radius 1 is 1.12 bits per heavy atom. The van der Waals surface area contributed by atoms with Gasteiger partial charge in [0, 0.05) is 38.7 Å². The molecule has 8 nitrogen and oxygen atoms in total. The Balaban J connectivity index is 0.000000968. The van der Waals surface area contributed by atoms with Crippen LogP contribution < -0.4 is 10.6 Å². The van der Waals surface area contributed by atoms with E-state index in [1.54, 1.807) is 37.2 Å². The first-order valence-electron chi connectivity index (χ1n) is 10.8. The first-order chi connectivity index (χ1) is 16.0. The van der Waals surface area contributed by atoms with Gasteiger partial charge in [0.1, 0.15) is 11.6 Å². The number of H-pyrrole nitrogens is 1. The van der Waals surface area contributed by atoms with Crippen LogP contribution in [-0.4, -0.2) is 45.3 Å². The Kier molecular flexibility index (Phi) is 8.10. The average Bonchev–Trinajstić information content (AvgIpc) is 3.15. The van der Waals surface area contributed by atoms with E-state index in [0.717, 1.165) is 35.6 Å². The van der Waals surface area contributed by atoms with Crippen molar-refractivity contribution >= 4 is 22.6 Å². The molecular weight excluding hydrogens is 416 g/mol. The number of allylic oxidation sites excluding steroid dienone is 1. The van der Waals surface area contributed by atoms with E-state index in [-0.39, 0.29) is 5.69 Å². The third-order valence-electron chi connectivity index (χ3n) is 4.88. The second-order valence-electron chi connectivity index (χ2n) is 7.61. The normalized spacial score (nSPS) is 10.5. The summed E-state index contributed by atoms with van der Waals surface area (Å²) in [5, 5.41) is 0. The van der Waals surface area contributed by atoms with Crippen molar-refractivity contribution in [3.8, 4) is 5.82 Å². The molecule has 4 heterocycles. The maximum absolute atomic E-state index is 12.6. The molecule has 0 amide bonds. The highest BCUT2D eigenvalue weighted by Crippen LogP contribution is 2.27. The maximum atomic E-state index is 12.6. The number of rotatable bonds is 7. The van der Waals surface area contributed by atoms with Crippen molar-refractivity contribution in [2.45, 2.75) is 26.8 Å². The summed E-state index contributed by atoms with van der Waals surface area (Å²) in [6.45, 7) is 9.65. The van der Waals surface area contributed by atoms with Crippen LogP contribution in [0.25, 0.3) is 22.6 Å². The number of ether oxygens (including phenoxy) is 1. The van der Waals surface area contributed by atoms with Crippen LogP contribution in [0.15, 0.2) is 66.2 Å². The van der Waals surface area contributed by atoms with Gasteiger partial charge >= 0.3 is 5.69 Å². The number of aromatic nitrogens is 5. The van der Waals surface area contributed by atoms with Crippen molar-refractivity contribution in [1.82, 2.24) is 24.5 Å². The highest BCUT2D eigenvalue weighted by atomic mass is 16.4. The van der Waals surface area contributed by atoms with Gasteiger partial charge in [0.2, 0.25) is 0 Å². The zero-order chi connectivity index (χ0) is 23.8. The van der Waals surface area contributed by atoms with Crippen LogP contribution in [0.2, 0.25) is 0 Å². The van der Waals surface area contributed by atoms with Crippen LogP contribution in [0.3, 0.4) is 0 Å². The molecule has 0 aliphatic heterocycles. The number of nitrogens with zero attached hydrogens (tertiary/aromatic N) is 5. The summed E-state index contributed by atoms with van der Waals surface area (Å²) in [7, 11) is 3.25. The topological polar surface area (TPSA) is 88.9 Å². The number of aromatic amines is 1. The highest BCUT2D eigenvalue weighted by Gasteiger charge is 2.18. The van der Waals surface area contributed by atoms with Crippen molar-refractivity contribution < 1.29 is 4.74 Å². The lowest BCUT2D eigenvalue weighted by Gasteiger charge is -2.26. The molecule has 4 aromatic heterocycles. The lowest BCUT2D eigenvalue weighted by atomic mass is 10.1. The summed E-state index contributed by atoms with van der Waals surface area (Å²) in [5.41, 5.74) is 3.79. The van der Waals surface area contributed by atoms with E-state index in [4.69, 9.17) is 4.98 Å². The first kappa shape index (κ1) is 23.9. The number of pyridine rings is 3. The number of hydrogen-bond acceptors (Lipinski definition) is 6. The Morgan fingerprint density at radius 3 is 2.55 bits per heavy atom. The van der Waals surface area contributed by atoms with Crippen molar-refractivity contribution in [2.24, 2.45) is 0 Å². The lowest BCUT2D eigenvalue weighted by Crippen LogP contribution is -2.27. The SMILES string of the molecule is C=C(C)c1ccc(-n2c(=O)[nH]c3ncccc32)nc1N(CCC)Cc1ccccn1.COC. The van der Waals surface area contributed by atoms with Gasteiger partial charge in [-0.15, -0.1) is 0 Å². The monoisotopic (exact) mass is 446 g/mol. The molecule has 0 radical (unpaired) electrons. The molecular formula is C25H30N6O2. The molecule has 0 aromatic carbocycles. The van der Waals surface area contributed by atoms with E-state index < -0.39 is 0 Å². The molecule has 0 unspecified atom stereocenters. The largest absolute Gasteiger partial charge is 0.388 e. The van der Waals surface area contributed by atoms with Crippen LogP contribution in [0.4, 0.5) is 5.82 Å². The number of nitrogens with one attached hydrogen (secondary N) is 1. The van der Waals surface area contributed by atoms with Gasteiger partial charge in [0.25, 0.3) is 0 Å². The van der Waals surface area contributed by atoms with E-state index in [2.05, 4.69) is 38.1 Å². The van der Waals surface area contributed by atoms with E-state index in [1.165, 1.54) is 0 Å². The third kappa shape index (κ3) is 5.53. The van der Waals surface area contributed by atoms with Gasteiger partial charge in [-0.3, -0.25) is 9.97 Å². The molecule has 172 valence electrons. The number of hydrogen-bond donors (Lipinski definition) is 1. The lowest BCUT2D eigenvalue weighted by molar-refractivity contribution is 0.277. The van der Waals surface area contributed by atoms with Crippen LogP contribution in [0.5, 0.6) is 0 Å². The van der Waals surface area contributed by atoms with Crippen LogP contribution >= 0.6 is 0 Å². The summed E-state index contributed by atoms with van der Waals surface area (Å²) < 4.78 is 5.80. The zero-order valence-corrected chi connectivity index (χ0v) is 19.6. The summed E-state index contributed by atoms with van der Waals surface area (Å²) in [6.07, 6.45) is 4.40.